The Bertz CT molecular complexity index is 758. The summed E-state index contributed by atoms with van der Waals surface area (Å²) in [7, 11) is 0. The van der Waals surface area contributed by atoms with Gasteiger partial charge in [0.2, 0.25) is 0 Å². The van der Waals surface area contributed by atoms with Gasteiger partial charge in [-0.3, -0.25) is 4.79 Å². The second kappa shape index (κ2) is 41.7. The fourth-order valence-electron chi connectivity index (χ4n) is 5.56. The number of aliphatic hydroxyl groups excluding tert-OH is 1. The van der Waals surface area contributed by atoms with Gasteiger partial charge in [0.15, 0.2) is 0 Å². The summed E-state index contributed by atoms with van der Waals surface area (Å²) < 4.78 is 22.7. The number of hydrogen-bond donors (Lipinski definition) is 3. The fraction of sp³-hybridized carbons (Fsp3) is 0.955. The molecule has 1 atom stereocenters. The molecule has 53 heavy (non-hydrogen) atoms. The highest BCUT2D eigenvalue weighted by molar-refractivity contribution is 5.71. The highest BCUT2D eigenvalue weighted by Crippen LogP contribution is 2.14. The number of amides is 1. The van der Waals surface area contributed by atoms with Crippen molar-refractivity contribution in [3.63, 3.8) is 0 Å². The van der Waals surface area contributed by atoms with Crippen LogP contribution in [-0.2, 0) is 23.7 Å². The van der Waals surface area contributed by atoms with Crippen molar-refractivity contribution in [3.8, 4) is 0 Å². The van der Waals surface area contributed by atoms with Gasteiger partial charge in [0.1, 0.15) is 12.7 Å². The second-order valence-corrected chi connectivity index (χ2v) is 16.0. The number of ether oxygens (including phenoxy) is 4. The minimum absolute atomic E-state index is 0.102. The van der Waals surface area contributed by atoms with Crippen LogP contribution in [0.1, 0.15) is 208 Å². The molecule has 9 nitrogen and oxygen atoms in total. The van der Waals surface area contributed by atoms with E-state index in [1.54, 1.807) is 13.8 Å². The molecule has 0 aliphatic rings. The van der Waals surface area contributed by atoms with Crippen LogP contribution in [0.2, 0.25) is 0 Å². The van der Waals surface area contributed by atoms with Gasteiger partial charge < -0.3 is 34.5 Å². The summed E-state index contributed by atoms with van der Waals surface area (Å²) in [5.41, 5.74) is -0.903. The van der Waals surface area contributed by atoms with E-state index in [-0.39, 0.29) is 38.3 Å². The number of esters is 1. The van der Waals surface area contributed by atoms with Crippen molar-refractivity contribution in [2.24, 2.45) is 5.92 Å². The molecule has 0 radical (unpaired) electrons. The molecule has 1 unspecified atom stereocenters. The van der Waals surface area contributed by atoms with Crippen LogP contribution in [0, 0.1) is 5.92 Å². The average molecular weight is 760 g/mol. The summed E-state index contributed by atoms with van der Waals surface area (Å²) in [4.78, 5) is 24.1. The summed E-state index contributed by atoms with van der Waals surface area (Å²) >= 11 is 0. The third kappa shape index (κ3) is 48.6. The Morgan fingerprint density at radius 1 is 0.604 bits per heavy atom. The molecule has 318 valence electrons. The maximum Gasteiger partial charge on any atom is 0.407 e. The normalized spacial score (nSPS) is 12.0. The monoisotopic (exact) mass is 760 g/mol. The van der Waals surface area contributed by atoms with Crippen molar-refractivity contribution in [1.29, 1.82) is 0 Å². The largest absolute Gasteiger partial charge is 0.463 e. The summed E-state index contributed by atoms with van der Waals surface area (Å²) in [6, 6.07) is 0. The molecule has 9 heteroatoms. The zero-order valence-corrected chi connectivity index (χ0v) is 35.8. The minimum Gasteiger partial charge on any atom is -0.463 e. The summed E-state index contributed by atoms with van der Waals surface area (Å²) in [6.07, 6.45) is 31.7. The van der Waals surface area contributed by atoms with Crippen LogP contribution in [0.25, 0.3) is 0 Å². The maximum atomic E-state index is 12.3. The third-order valence-corrected chi connectivity index (χ3v) is 9.14. The van der Waals surface area contributed by atoms with Crippen LogP contribution in [0.3, 0.4) is 0 Å². The van der Waals surface area contributed by atoms with E-state index in [2.05, 4.69) is 33.0 Å². The Hall–Kier alpha value is -1.42. The predicted octanol–water partition coefficient (Wildman–Crippen LogP) is 11.2. The maximum absolute atomic E-state index is 12.3. The first-order chi connectivity index (χ1) is 25.6. The number of alkyl carbamates (subject to hydrolysis) is 1. The van der Waals surface area contributed by atoms with Crippen molar-refractivity contribution in [2.75, 3.05) is 46.2 Å². The van der Waals surface area contributed by atoms with Gasteiger partial charge in [-0.15, -0.1) is 0 Å². The zero-order chi connectivity index (χ0) is 39.7. The van der Waals surface area contributed by atoms with Gasteiger partial charge in [-0.2, -0.15) is 0 Å². The second-order valence-electron chi connectivity index (χ2n) is 16.0. The van der Waals surface area contributed by atoms with Crippen LogP contribution in [-0.4, -0.2) is 80.2 Å². The van der Waals surface area contributed by atoms with Gasteiger partial charge >= 0.3 is 12.1 Å². The zero-order valence-electron chi connectivity index (χ0n) is 35.8. The molecule has 0 fully saturated rings. The van der Waals surface area contributed by atoms with E-state index < -0.39 is 11.7 Å². The molecular formula is C44H89NO8. The summed E-state index contributed by atoms with van der Waals surface area (Å²) in [6.45, 7) is 14.2. The number of unbranched alkanes of at least 4 members (excludes halogenated alkanes) is 22. The summed E-state index contributed by atoms with van der Waals surface area (Å²) in [5, 5.41) is 19.3. The Morgan fingerprint density at radius 2 is 1.02 bits per heavy atom. The van der Waals surface area contributed by atoms with Crippen LogP contribution in [0.15, 0.2) is 0 Å². The van der Waals surface area contributed by atoms with Crippen LogP contribution < -0.4 is 5.32 Å². The highest BCUT2D eigenvalue weighted by atomic mass is 16.6. The first-order valence-corrected chi connectivity index (χ1v) is 22.1. The third-order valence-electron chi connectivity index (χ3n) is 9.14. The Labute approximate surface area is 327 Å². The number of hydrogen-bond acceptors (Lipinski definition) is 8. The molecule has 0 rings (SSSR count). The molecule has 0 bridgehead atoms. The Kier molecular flexibility index (Phi) is 42.3. The lowest BCUT2D eigenvalue weighted by molar-refractivity contribution is -0.149. The van der Waals surface area contributed by atoms with Crippen molar-refractivity contribution in [1.82, 2.24) is 5.32 Å². The first-order valence-electron chi connectivity index (χ1n) is 22.1. The molecule has 0 saturated carbocycles. The molecule has 0 saturated heterocycles. The Morgan fingerprint density at radius 3 is 1.43 bits per heavy atom. The molecule has 0 aliphatic heterocycles. The molecule has 0 aromatic heterocycles. The Balaban J connectivity index is 0. The minimum atomic E-state index is -0.903. The average Bonchev–Trinajstić information content (AvgIpc) is 3.12. The van der Waals surface area contributed by atoms with E-state index in [4.69, 9.17) is 29.2 Å². The predicted molar refractivity (Wildman–Crippen MR) is 220 cm³/mol. The van der Waals surface area contributed by atoms with Gasteiger partial charge in [0.05, 0.1) is 31.8 Å². The molecule has 0 aromatic rings. The molecule has 0 aromatic carbocycles. The van der Waals surface area contributed by atoms with Gasteiger partial charge in [0.25, 0.3) is 0 Å². The van der Waals surface area contributed by atoms with E-state index in [0.29, 0.717) is 32.3 Å². The number of aliphatic hydroxyl groups is 2. The molecular weight excluding hydrogens is 670 g/mol. The first kappa shape index (κ1) is 53.7. The number of rotatable bonds is 38. The van der Waals surface area contributed by atoms with Crippen LogP contribution in [0.4, 0.5) is 4.79 Å². The lowest BCUT2D eigenvalue weighted by Gasteiger charge is -2.18. The lowest BCUT2D eigenvalue weighted by Crippen LogP contribution is -2.30. The van der Waals surface area contributed by atoms with Crippen molar-refractivity contribution in [3.05, 3.63) is 0 Å². The quantitative estimate of drug-likeness (QED) is 0.0420. The van der Waals surface area contributed by atoms with Gasteiger partial charge in [0, 0.05) is 19.8 Å². The van der Waals surface area contributed by atoms with Crippen LogP contribution in [0.5, 0.6) is 0 Å². The number of carbonyl (C=O) groups excluding carboxylic acids is 2. The van der Waals surface area contributed by atoms with Crippen molar-refractivity contribution >= 4 is 12.1 Å². The SMILES string of the molecule is CC(C)(O)CO.CCCCCCCCCCCCCCOCC(COC(=O)CCNC(=O)OCCC(C)C)OCCCCCCCCCCCCCC. The highest BCUT2D eigenvalue weighted by Gasteiger charge is 2.14. The molecule has 1 amide bonds. The smallest absolute Gasteiger partial charge is 0.407 e. The van der Waals surface area contributed by atoms with Gasteiger partial charge in [-0.05, 0) is 39.0 Å². The van der Waals surface area contributed by atoms with Gasteiger partial charge in [-0.1, -0.05) is 169 Å². The van der Waals surface area contributed by atoms with Gasteiger partial charge in [-0.25, -0.2) is 4.79 Å². The van der Waals surface area contributed by atoms with E-state index in [1.165, 1.54) is 141 Å². The van der Waals surface area contributed by atoms with E-state index in [9.17, 15) is 9.59 Å². The molecule has 3 N–H and O–H groups in total. The summed E-state index contributed by atoms with van der Waals surface area (Å²) in [5.74, 6) is 0.119. The number of carbonyl (C=O) groups is 2. The molecule has 0 heterocycles. The van der Waals surface area contributed by atoms with Crippen molar-refractivity contribution < 1.29 is 38.7 Å². The standard InChI is InChI=1S/C40H79NO6.C4H10O2/c1-5-7-9-11-13-15-17-19-21-23-25-27-32-44-35-38(36-47-39(42)29-31-41-40(43)46-34-30-37(3)4)45-33-28-26-24-22-20-18-16-14-12-10-8-6-2;1-4(2,6)3-5/h37-38H,5-36H2,1-4H3,(H,41,43);5-6H,3H2,1-2H3. The topological polar surface area (TPSA) is 124 Å². The lowest BCUT2D eigenvalue weighted by atomic mass is 10.1. The van der Waals surface area contributed by atoms with Crippen molar-refractivity contribution in [2.45, 2.75) is 220 Å². The van der Waals surface area contributed by atoms with E-state index in [1.807, 2.05) is 0 Å². The molecule has 0 spiro atoms. The van der Waals surface area contributed by atoms with E-state index in [0.717, 1.165) is 19.3 Å². The molecule has 0 aliphatic carbocycles. The fourth-order valence-corrected chi connectivity index (χ4v) is 5.56. The van der Waals surface area contributed by atoms with E-state index >= 15 is 0 Å². The van der Waals surface area contributed by atoms with Crippen LogP contribution >= 0.6 is 0 Å². The number of nitrogens with one attached hydrogen (secondary N) is 1.